The maximum atomic E-state index is 5.83. The normalized spacial score (nSPS) is 14.8. The van der Waals surface area contributed by atoms with Gasteiger partial charge < -0.3 is 9.31 Å². The van der Waals surface area contributed by atoms with E-state index < -0.39 is 24.2 Å². The standard InChI is InChI=1S/C12H33BO2Si3/c1-14-13(15-2)12(16(3,4)5,17(6,7)8)18(9,10)11/h1-11H3. The molecule has 108 valence electrons. The molecule has 0 aromatic carbocycles. The summed E-state index contributed by atoms with van der Waals surface area (Å²) in [4.78, 5) is 0. The largest absolute Gasteiger partial charge is 0.454 e. The van der Waals surface area contributed by atoms with Gasteiger partial charge in [0.2, 0.25) is 0 Å². The summed E-state index contributed by atoms with van der Waals surface area (Å²) in [6.45, 7) is 22.5. The van der Waals surface area contributed by atoms with Gasteiger partial charge in [-0.25, -0.2) is 0 Å². The number of rotatable bonds is 6. The van der Waals surface area contributed by atoms with Gasteiger partial charge in [-0.05, 0) is 4.18 Å². The predicted molar refractivity (Wildman–Crippen MR) is 92.5 cm³/mol. The van der Waals surface area contributed by atoms with Crippen molar-refractivity contribution in [3.63, 3.8) is 0 Å². The average Bonchev–Trinajstić information content (AvgIpc) is 2.06. The summed E-state index contributed by atoms with van der Waals surface area (Å²) in [5, 5.41) is 0. The van der Waals surface area contributed by atoms with Crippen molar-refractivity contribution in [3.8, 4) is 0 Å². The Kier molecular flexibility index (Phi) is 5.75. The molecule has 0 aliphatic carbocycles. The Hall–Kier alpha value is 0.636. The van der Waals surface area contributed by atoms with Crippen molar-refractivity contribution >= 4 is 31.3 Å². The molecular formula is C12H33BO2Si3. The van der Waals surface area contributed by atoms with E-state index in [9.17, 15) is 0 Å². The molecule has 0 saturated carbocycles. The SMILES string of the molecule is COB(OC)C([Si](C)(C)C)([Si](C)(C)C)[Si](C)(C)C. The third kappa shape index (κ3) is 2.87. The van der Waals surface area contributed by atoms with E-state index in [1.54, 1.807) is 0 Å². The zero-order chi connectivity index (χ0) is 15.0. The summed E-state index contributed by atoms with van der Waals surface area (Å²) in [5.74, 6) is 0. The van der Waals surface area contributed by atoms with Crippen LogP contribution < -0.4 is 0 Å². The fraction of sp³-hybridized carbons (Fsp3) is 1.00. The van der Waals surface area contributed by atoms with Gasteiger partial charge in [0.1, 0.15) is 0 Å². The molecule has 0 atom stereocenters. The van der Waals surface area contributed by atoms with Crippen LogP contribution in [0.3, 0.4) is 0 Å². The van der Waals surface area contributed by atoms with Crippen LogP contribution in [0.5, 0.6) is 0 Å². The fourth-order valence-corrected chi connectivity index (χ4v) is 34.7. The quantitative estimate of drug-likeness (QED) is 0.687. The second-order valence-electron chi connectivity index (χ2n) is 8.36. The lowest BCUT2D eigenvalue weighted by Crippen LogP contribution is -2.73. The summed E-state index contributed by atoms with van der Waals surface area (Å²) in [5.41, 5.74) is 0. The van der Waals surface area contributed by atoms with Crippen molar-refractivity contribution in [3.05, 3.63) is 0 Å². The van der Waals surface area contributed by atoms with E-state index in [1.165, 1.54) is 0 Å². The molecule has 0 aromatic heterocycles. The van der Waals surface area contributed by atoms with E-state index in [0.29, 0.717) is 4.18 Å². The molecule has 0 N–H and O–H groups in total. The highest BCUT2D eigenvalue weighted by molar-refractivity contribution is 7.24. The molecule has 0 unspecified atom stereocenters. The van der Waals surface area contributed by atoms with Crippen molar-refractivity contribution in [1.29, 1.82) is 0 Å². The Morgan fingerprint density at radius 1 is 0.611 bits per heavy atom. The van der Waals surface area contributed by atoms with Crippen LogP contribution >= 0.6 is 0 Å². The minimum Gasteiger partial charge on any atom is -0.414 e. The summed E-state index contributed by atoms with van der Waals surface area (Å²) < 4.78 is 12.0. The molecule has 0 radical (unpaired) electrons. The average molecular weight is 304 g/mol. The van der Waals surface area contributed by atoms with E-state index in [4.69, 9.17) is 9.31 Å². The van der Waals surface area contributed by atoms with Gasteiger partial charge in [0.15, 0.2) is 0 Å². The first-order valence-electron chi connectivity index (χ1n) is 6.83. The minimum absolute atomic E-state index is 0.0394. The molecule has 18 heavy (non-hydrogen) atoms. The zero-order valence-corrected chi connectivity index (χ0v) is 17.4. The molecule has 0 aliphatic heterocycles. The highest BCUT2D eigenvalue weighted by Gasteiger charge is 2.67. The van der Waals surface area contributed by atoms with Gasteiger partial charge in [-0.2, -0.15) is 0 Å². The molecule has 0 aliphatic rings. The van der Waals surface area contributed by atoms with Gasteiger partial charge >= 0.3 is 7.12 Å². The molecule has 0 spiro atoms. The third-order valence-corrected chi connectivity index (χ3v) is 25.6. The maximum Gasteiger partial charge on any atom is 0.454 e. The predicted octanol–water partition coefficient (Wildman–Crippen LogP) is 4.14. The van der Waals surface area contributed by atoms with E-state index in [-0.39, 0.29) is 7.12 Å². The van der Waals surface area contributed by atoms with Gasteiger partial charge in [0, 0.05) is 38.4 Å². The molecule has 0 fully saturated rings. The highest BCUT2D eigenvalue weighted by atomic mass is 28.5. The number of hydrogen-bond donors (Lipinski definition) is 0. The third-order valence-electron chi connectivity index (χ3n) is 4.33. The van der Waals surface area contributed by atoms with E-state index in [0.717, 1.165) is 0 Å². The van der Waals surface area contributed by atoms with Crippen molar-refractivity contribution in [2.75, 3.05) is 14.2 Å². The lowest BCUT2D eigenvalue weighted by Gasteiger charge is -2.59. The summed E-state index contributed by atoms with van der Waals surface area (Å²) in [6.07, 6.45) is 0. The maximum absolute atomic E-state index is 5.83. The molecule has 0 aromatic rings. The van der Waals surface area contributed by atoms with E-state index in [2.05, 4.69) is 58.9 Å². The molecule has 0 bridgehead atoms. The first-order chi connectivity index (χ1) is 7.77. The van der Waals surface area contributed by atoms with Crippen LogP contribution in [0.1, 0.15) is 0 Å². The van der Waals surface area contributed by atoms with Crippen molar-refractivity contribution in [2.45, 2.75) is 63.1 Å². The summed E-state index contributed by atoms with van der Waals surface area (Å²) >= 11 is 0. The molecule has 2 nitrogen and oxygen atoms in total. The Labute approximate surface area is 118 Å². The van der Waals surface area contributed by atoms with Gasteiger partial charge in [-0.1, -0.05) is 58.9 Å². The summed E-state index contributed by atoms with van der Waals surface area (Å²) in [7, 11) is -0.740. The van der Waals surface area contributed by atoms with E-state index >= 15 is 0 Å². The van der Waals surface area contributed by atoms with Gasteiger partial charge in [0.05, 0.1) is 0 Å². The Bertz CT molecular complexity index is 236. The second kappa shape index (κ2) is 5.56. The minimum atomic E-state index is -1.44. The first-order valence-corrected chi connectivity index (χ1v) is 17.3. The molecule has 0 heterocycles. The van der Waals surface area contributed by atoms with Crippen molar-refractivity contribution < 1.29 is 9.31 Å². The van der Waals surface area contributed by atoms with Gasteiger partial charge in [-0.15, -0.1) is 0 Å². The second-order valence-corrected chi connectivity index (χ2v) is 25.7. The summed E-state index contributed by atoms with van der Waals surface area (Å²) in [6, 6.07) is 0. The topological polar surface area (TPSA) is 18.5 Å². The van der Waals surface area contributed by atoms with Crippen LogP contribution in [-0.4, -0.2) is 45.6 Å². The van der Waals surface area contributed by atoms with Gasteiger partial charge in [0.25, 0.3) is 0 Å². The van der Waals surface area contributed by atoms with Crippen LogP contribution in [-0.2, 0) is 9.31 Å². The first kappa shape index (κ1) is 18.6. The molecular weight excluding hydrogens is 271 g/mol. The highest BCUT2D eigenvalue weighted by Crippen LogP contribution is 2.55. The Balaban J connectivity index is 6.25. The lowest BCUT2D eigenvalue weighted by molar-refractivity contribution is 0.274. The molecule has 0 saturated heterocycles. The van der Waals surface area contributed by atoms with Crippen molar-refractivity contribution in [2.24, 2.45) is 0 Å². The number of hydrogen-bond acceptors (Lipinski definition) is 2. The van der Waals surface area contributed by atoms with Crippen LogP contribution in [0.2, 0.25) is 63.1 Å². The van der Waals surface area contributed by atoms with Crippen LogP contribution in [0, 0.1) is 0 Å². The molecule has 0 amide bonds. The smallest absolute Gasteiger partial charge is 0.414 e. The molecule has 6 heteroatoms. The Morgan fingerprint density at radius 3 is 0.889 bits per heavy atom. The monoisotopic (exact) mass is 304 g/mol. The molecule has 0 rings (SSSR count). The van der Waals surface area contributed by atoms with Crippen LogP contribution in [0.4, 0.5) is 0 Å². The fourth-order valence-electron chi connectivity index (χ4n) is 4.89. The van der Waals surface area contributed by atoms with Crippen molar-refractivity contribution in [1.82, 2.24) is 0 Å². The van der Waals surface area contributed by atoms with Gasteiger partial charge in [-0.3, -0.25) is 0 Å². The lowest BCUT2D eigenvalue weighted by atomic mass is 9.93. The zero-order valence-electron chi connectivity index (χ0n) is 14.4. The Morgan fingerprint density at radius 2 is 0.833 bits per heavy atom. The van der Waals surface area contributed by atoms with Crippen LogP contribution in [0.15, 0.2) is 0 Å². The van der Waals surface area contributed by atoms with Crippen LogP contribution in [0.25, 0.3) is 0 Å². The van der Waals surface area contributed by atoms with E-state index in [1.807, 2.05) is 14.2 Å².